The highest BCUT2D eigenvalue weighted by Gasteiger charge is 2.26. The number of thiophene rings is 1. The van der Waals surface area contributed by atoms with Gasteiger partial charge in [0.2, 0.25) is 11.6 Å². The number of para-hydroxylation sites is 1. The second kappa shape index (κ2) is 21.8. The summed E-state index contributed by atoms with van der Waals surface area (Å²) in [5, 5.41) is 9.05. The van der Waals surface area contributed by atoms with Crippen molar-refractivity contribution in [1.29, 1.82) is 0 Å². The highest BCUT2D eigenvalue weighted by Crippen LogP contribution is 2.49. The maximum Gasteiger partial charge on any atom is 0.227 e. The molecule has 5 heterocycles. The fraction of sp³-hybridized carbons (Fsp3) is 0.0122. The zero-order valence-electron chi connectivity index (χ0n) is 48.2. The van der Waals surface area contributed by atoms with E-state index in [1.165, 1.54) is 48.0 Å². The lowest BCUT2D eigenvalue weighted by Crippen LogP contribution is -2.10. The highest BCUT2D eigenvalue weighted by molar-refractivity contribution is 7.25. The molecule has 0 saturated heterocycles. The molecule has 0 bridgehead atoms. The van der Waals surface area contributed by atoms with Crippen LogP contribution in [0.3, 0.4) is 0 Å². The molecular weight excluding hydrogens is 1100 g/mol. The average Bonchev–Trinajstić information content (AvgIpc) is 1.79. The largest absolute Gasteiger partial charge is 0.439 e. The summed E-state index contributed by atoms with van der Waals surface area (Å²) in [6, 6.07) is 105. The molecule has 12 aromatic carbocycles. The van der Waals surface area contributed by atoms with Crippen molar-refractivity contribution in [3.05, 3.63) is 309 Å². The number of rotatable bonds is 12. The van der Waals surface area contributed by atoms with Crippen LogP contribution < -0.4 is 15.1 Å². The van der Waals surface area contributed by atoms with Gasteiger partial charge in [0.05, 0.1) is 5.39 Å². The van der Waals surface area contributed by atoms with Gasteiger partial charge in [-0.05, 0) is 153 Å². The van der Waals surface area contributed by atoms with Crippen molar-refractivity contribution in [2.45, 2.75) is 0 Å². The number of nitrogens with zero attached hydrogens (tertiary/aromatic N) is 3. The van der Waals surface area contributed by atoms with Gasteiger partial charge in [-0.25, -0.2) is 4.98 Å². The zero-order chi connectivity index (χ0) is 58.8. The quantitative estimate of drug-likeness (QED) is 0.132. The maximum atomic E-state index is 6.95. The zero-order valence-corrected chi connectivity index (χ0v) is 49.0. The number of anilines is 7. The summed E-state index contributed by atoms with van der Waals surface area (Å²) in [4.78, 5) is 9.58. The molecule has 0 saturated carbocycles. The summed E-state index contributed by atoms with van der Waals surface area (Å²) in [7, 11) is 0. The molecule has 0 aliphatic carbocycles. The second-order valence-electron chi connectivity index (χ2n) is 22.6. The number of nitrogens with one attached hydrogen (secondary N) is 1. The van der Waals surface area contributed by atoms with Crippen LogP contribution in [0, 0.1) is 0 Å². The molecule has 4 aromatic heterocycles. The van der Waals surface area contributed by atoms with Crippen LogP contribution in [0.15, 0.2) is 312 Å². The number of benzene rings is 12. The number of fused-ring (bicyclic) bond motifs is 9. The molecule has 0 unspecified atom stereocenters. The van der Waals surface area contributed by atoms with Gasteiger partial charge in [0.1, 0.15) is 11.2 Å². The number of hydrogen-bond donors (Lipinski definition) is 1. The van der Waals surface area contributed by atoms with Crippen LogP contribution >= 0.6 is 11.3 Å². The van der Waals surface area contributed by atoms with E-state index < -0.39 is 0 Å². The van der Waals surface area contributed by atoms with Crippen LogP contribution in [0.25, 0.3) is 126 Å². The number of furan rings is 2. The van der Waals surface area contributed by atoms with Crippen molar-refractivity contribution in [2.75, 3.05) is 21.7 Å². The van der Waals surface area contributed by atoms with E-state index in [-0.39, 0.29) is 0 Å². The lowest BCUT2D eigenvalue weighted by molar-refractivity contribution is 0.629. The minimum Gasteiger partial charge on any atom is -0.439 e. The van der Waals surface area contributed by atoms with Crippen molar-refractivity contribution < 1.29 is 8.83 Å². The molecule has 1 aliphatic rings. The monoisotopic (exact) mass is 1160 g/mol. The van der Waals surface area contributed by atoms with Crippen molar-refractivity contribution in [3.63, 3.8) is 0 Å². The van der Waals surface area contributed by atoms with Crippen LogP contribution in [0.5, 0.6) is 0 Å². The minimum atomic E-state index is 0.585. The van der Waals surface area contributed by atoms with Gasteiger partial charge in [0, 0.05) is 94.5 Å². The molecular formula is C82H54N4O2S. The van der Waals surface area contributed by atoms with Gasteiger partial charge in [-0.15, -0.1) is 11.3 Å². The molecule has 0 fully saturated rings. The van der Waals surface area contributed by atoms with Crippen LogP contribution in [0.1, 0.15) is 5.56 Å². The Hall–Kier alpha value is -11.5. The van der Waals surface area contributed by atoms with E-state index in [1.807, 2.05) is 17.5 Å². The van der Waals surface area contributed by atoms with E-state index >= 15 is 0 Å². The summed E-state index contributed by atoms with van der Waals surface area (Å²) in [6.07, 6.45) is 6.20. The van der Waals surface area contributed by atoms with Crippen molar-refractivity contribution in [1.82, 2.24) is 4.98 Å². The Labute approximate surface area is 518 Å². The normalized spacial score (nSPS) is 12.0. The molecule has 1 aliphatic heterocycles. The predicted molar refractivity (Wildman–Crippen MR) is 374 cm³/mol. The molecule has 0 amide bonds. The highest BCUT2D eigenvalue weighted by atomic mass is 32.1. The first-order valence-electron chi connectivity index (χ1n) is 30.1. The molecule has 420 valence electrons. The van der Waals surface area contributed by atoms with Gasteiger partial charge in [-0.2, -0.15) is 0 Å². The fourth-order valence-electron chi connectivity index (χ4n) is 13.1. The first-order valence-corrected chi connectivity index (χ1v) is 30.9. The van der Waals surface area contributed by atoms with E-state index in [4.69, 9.17) is 13.8 Å². The van der Waals surface area contributed by atoms with Crippen molar-refractivity contribution in [3.8, 4) is 66.8 Å². The molecule has 0 atom stereocenters. The molecule has 0 spiro atoms. The Morgan fingerprint density at radius 2 is 0.843 bits per heavy atom. The molecule has 17 rings (SSSR count). The second-order valence-corrected chi connectivity index (χ2v) is 23.7. The molecule has 1 N–H and O–H groups in total. The maximum absolute atomic E-state index is 6.95. The Kier molecular flexibility index (Phi) is 12.7. The van der Waals surface area contributed by atoms with E-state index in [0.717, 1.165) is 112 Å². The van der Waals surface area contributed by atoms with Gasteiger partial charge in [0.25, 0.3) is 0 Å². The topological polar surface area (TPSA) is 57.7 Å². The van der Waals surface area contributed by atoms with E-state index in [0.29, 0.717) is 12.3 Å². The summed E-state index contributed by atoms with van der Waals surface area (Å²) in [5.41, 5.74) is 22.7. The smallest absolute Gasteiger partial charge is 0.227 e. The third-order valence-electron chi connectivity index (χ3n) is 17.4. The van der Waals surface area contributed by atoms with Gasteiger partial charge in [-0.3, -0.25) is 0 Å². The van der Waals surface area contributed by atoms with E-state index in [2.05, 4.69) is 318 Å². The molecule has 6 nitrogen and oxygen atoms in total. The average molecular weight is 1160 g/mol. The first-order chi connectivity index (χ1) is 44.1. The van der Waals surface area contributed by atoms with Crippen LogP contribution in [0.2, 0.25) is 0 Å². The van der Waals surface area contributed by atoms with Crippen LogP contribution in [-0.2, 0) is 0 Å². The van der Waals surface area contributed by atoms with Gasteiger partial charge >= 0.3 is 0 Å². The Balaban J connectivity index is 0.736. The lowest BCUT2D eigenvalue weighted by Gasteiger charge is -2.26. The number of pyridine rings is 1. The third-order valence-corrected chi connectivity index (χ3v) is 18.6. The van der Waals surface area contributed by atoms with Crippen molar-refractivity contribution in [2.24, 2.45) is 0 Å². The predicted octanol–water partition coefficient (Wildman–Crippen LogP) is 23.5. The van der Waals surface area contributed by atoms with E-state index in [9.17, 15) is 0 Å². The molecule has 7 heteroatoms. The Morgan fingerprint density at radius 1 is 0.337 bits per heavy atom. The number of hydrogen-bond acceptors (Lipinski definition) is 7. The summed E-state index contributed by atoms with van der Waals surface area (Å²) in [5.74, 6) is 0.753. The Morgan fingerprint density at radius 3 is 1.49 bits per heavy atom. The molecule has 0 radical (unpaired) electrons. The summed E-state index contributed by atoms with van der Waals surface area (Å²) < 4.78 is 16.4. The van der Waals surface area contributed by atoms with E-state index in [1.54, 1.807) is 0 Å². The van der Waals surface area contributed by atoms with Gasteiger partial charge in [-0.1, -0.05) is 206 Å². The SMILES string of the molecule is C1=Cc2c(oc3c(-c4ccc(N(c5ccc(-c6ccccc6)cc5)c5cccc(-c6ccccc6)c5)cc4)ccc(-c4cccc5c4oc4nccc(-c6ccc(N(c7ccc(-c8ccccc8)cc7)c7ccc8sc9ccccc9c8c7)cc6)c45)c23)NC1. The Bertz CT molecular complexity index is 5340. The summed E-state index contributed by atoms with van der Waals surface area (Å²) >= 11 is 1.84. The molecule has 16 aromatic rings. The van der Waals surface area contributed by atoms with Crippen molar-refractivity contribution >= 4 is 111 Å². The van der Waals surface area contributed by atoms with Crippen LogP contribution in [0.4, 0.5) is 40.0 Å². The number of aromatic nitrogens is 1. The van der Waals surface area contributed by atoms with Crippen LogP contribution in [-0.4, -0.2) is 11.5 Å². The third kappa shape index (κ3) is 9.23. The first kappa shape index (κ1) is 51.9. The summed E-state index contributed by atoms with van der Waals surface area (Å²) in [6.45, 7) is 0.677. The van der Waals surface area contributed by atoms with Gasteiger partial charge < -0.3 is 24.0 Å². The minimum absolute atomic E-state index is 0.585. The standard InChI is InChI=1S/C82H54N4O2S/c1-4-15-53(16-5-1)56-28-36-61(37-29-56)85(65-22-12-21-60(51-65)55-19-8-3-9-20-55)63-42-34-59(35-43-63)68-45-46-70(77-73-26-14-49-83-81(73)88-80(68)77)71-24-13-25-72-78-67(48-50-84-82(78)87-79(71)72)58-32-40-64(41-33-58)86(62-38-30-57(31-39-62)54-17-6-2-7-18-54)66-44-47-76-74(52-66)69-23-10-11-27-75(69)89-76/h1-48,50-52,83H,49H2. The molecule has 89 heavy (non-hydrogen) atoms. The fourth-order valence-corrected chi connectivity index (χ4v) is 14.2. The lowest BCUT2D eigenvalue weighted by atomic mass is 9.92. The van der Waals surface area contributed by atoms with Gasteiger partial charge in [0.15, 0.2) is 0 Å².